The van der Waals surface area contributed by atoms with Gasteiger partial charge in [0.2, 0.25) is 0 Å². The number of hydrogen-bond donors (Lipinski definition) is 1. The molecule has 0 aliphatic carbocycles. The monoisotopic (exact) mass is 286 g/mol. The van der Waals surface area contributed by atoms with E-state index in [1.165, 1.54) is 12.0 Å². The lowest BCUT2D eigenvalue weighted by atomic mass is 10.1. The zero-order valence-corrected chi connectivity index (χ0v) is 12.5. The van der Waals surface area contributed by atoms with Crippen LogP contribution in [0.15, 0.2) is 30.5 Å². The molecule has 2 aromatic rings. The maximum absolute atomic E-state index is 5.72. The van der Waals surface area contributed by atoms with Gasteiger partial charge in [-0.05, 0) is 37.4 Å². The molecule has 0 spiro atoms. The largest absolute Gasteiger partial charge is 0.355 e. The van der Waals surface area contributed by atoms with Gasteiger partial charge in [-0.3, -0.25) is 0 Å². The van der Waals surface area contributed by atoms with E-state index in [1.54, 1.807) is 4.80 Å². The minimum Gasteiger partial charge on any atom is -0.355 e. The van der Waals surface area contributed by atoms with Crippen LogP contribution in [0.5, 0.6) is 0 Å². The molecule has 1 aromatic heterocycles. The lowest BCUT2D eigenvalue weighted by Crippen LogP contribution is -2.20. The van der Waals surface area contributed by atoms with Crippen LogP contribution in [0, 0.1) is 0 Å². The van der Waals surface area contributed by atoms with Gasteiger partial charge in [0.05, 0.1) is 6.20 Å². The molecule has 0 saturated carbocycles. The van der Waals surface area contributed by atoms with E-state index in [9.17, 15) is 0 Å². The van der Waals surface area contributed by atoms with Gasteiger partial charge in [-0.15, -0.1) is 0 Å². The van der Waals surface area contributed by atoms with Gasteiger partial charge in [0.1, 0.15) is 5.69 Å². The minimum absolute atomic E-state index is 0.00237. The predicted molar refractivity (Wildman–Crippen MR) is 81.7 cm³/mol. The highest BCUT2D eigenvalue weighted by Crippen LogP contribution is 2.23. The Hall–Kier alpha value is -1.72. The van der Waals surface area contributed by atoms with Crippen molar-refractivity contribution in [2.75, 3.05) is 13.2 Å². The van der Waals surface area contributed by atoms with E-state index >= 15 is 0 Å². The summed E-state index contributed by atoms with van der Waals surface area (Å²) in [5.41, 5.74) is 3.27. The Morgan fingerprint density at radius 2 is 2.33 bits per heavy atom. The van der Waals surface area contributed by atoms with Gasteiger partial charge in [-0.2, -0.15) is 15.0 Å². The maximum Gasteiger partial charge on any atom is 0.169 e. The molecule has 5 heteroatoms. The summed E-state index contributed by atoms with van der Waals surface area (Å²) < 4.78 is 5.72. The van der Waals surface area contributed by atoms with E-state index in [2.05, 4.69) is 46.7 Å². The fourth-order valence-corrected chi connectivity index (χ4v) is 2.56. The molecule has 0 bridgehead atoms. The Labute approximate surface area is 125 Å². The van der Waals surface area contributed by atoms with Crippen molar-refractivity contribution >= 4 is 0 Å². The average Bonchev–Trinajstić information content (AvgIpc) is 3.04. The number of benzene rings is 1. The Morgan fingerprint density at radius 3 is 3.14 bits per heavy atom. The zero-order chi connectivity index (χ0) is 14.5. The molecule has 2 heterocycles. The van der Waals surface area contributed by atoms with Crippen molar-refractivity contribution in [1.29, 1.82) is 0 Å². The van der Waals surface area contributed by atoms with Crippen molar-refractivity contribution in [1.82, 2.24) is 20.3 Å². The average molecular weight is 286 g/mol. The molecule has 1 atom stereocenters. The number of rotatable bonds is 5. The van der Waals surface area contributed by atoms with Gasteiger partial charge in [0, 0.05) is 18.7 Å². The molecule has 5 nitrogen and oxygen atoms in total. The summed E-state index contributed by atoms with van der Waals surface area (Å²) in [4.78, 5) is 1.71. The molecule has 1 unspecified atom stereocenters. The lowest BCUT2D eigenvalue weighted by molar-refractivity contribution is -0.0479. The van der Waals surface area contributed by atoms with E-state index in [4.69, 9.17) is 4.74 Å². The molecule has 1 fully saturated rings. The van der Waals surface area contributed by atoms with Crippen LogP contribution in [0.4, 0.5) is 0 Å². The fourth-order valence-electron chi connectivity index (χ4n) is 2.56. The van der Waals surface area contributed by atoms with Gasteiger partial charge >= 0.3 is 0 Å². The Kier molecular flexibility index (Phi) is 4.62. The lowest BCUT2D eigenvalue weighted by Gasteiger charge is -2.21. The molecule has 1 saturated heterocycles. The van der Waals surface area contributed by atoms with Crippen molar-refractivity contribution in [3.63, 3.8) is 0 Å². The summed E-state index contributed by atoms with van der Waals surface area (Å²) in [6.07, 6.45) is 5.13. The number of ether oxygens (including phenoxy) is 1. The van der Waals surface area contributed by atoms with Crippen LogP contribution >= 0.6 is 0 Å². The SMILES string of the molecule is CCNCc1cccc(-c2cnn(C3CCCCO3)n2)c1. The first kappa shape index (κ1) is 14.2. The van der Waals surface area contributed by atoms with Crippen molar-refractivity contribution in [2.24, 2.45) is 0 Å². The highest BCUT2D eigenvalue weighted by Gasteiger charge is 2.18. The maximum atomic E-state index is 5.72. The molecule has 1 aromatic carbocycles. The van der Waals surface area contributed by atoms with E-state index < -0.39 is 0 Å². The van der Waals surface area contributed by atoms with Gasteiger partial charge in [0.15, 0.2) is 6.23 Å². The van der Waals surface area contributed by atoms with Crippen LogP contribution in [0.3, 0.4) is 0 Å². The summed E-state index contributed by atoms with van der Waals surface area (Å²) in [7, 11) is 0. The van der Waals surface area contributed by atoms with E-state index in [1.807, 2.05) is 6.20 Å². The molecule has 1 aliphatic rings. The third kappa shape index (κ3) is 3.49. The summed E-state index contributed by atoms with van der Waals surface area (Å²) in [6.45, 7) is 4.77. The Morgan fingerprint density at radius 1 is 1.38 bits per heavy atom. The molecule has 112 valence electrons. The van der Waals surface area contributed by atoms with Crippen molar-refractivity contribution in [3.05, 3.63) is 36.0 Å². The van der Waals surface area contributed by atoms with Crippen LogP contribution < -0.4 is 5.32 Å². The second-order valence-electron chi connectivity index (χ2n) is 5.35. The van der Waals surface area contributed by atoms with Crippen LogP contribution in [0.2, 0.25) is 0 Å². The van der Waals surface area contributed by atoms with Crippen LogP contribution in [0.1, 0.15) is 38.0 Å². The molecular weight excluding hydrogens is 264 g/mol. The molecule has 0 amide bonds. The van der Waals surface area contributed by atoms with Crippen LogP contribution in [-0.2, 0) is 11.3 Å². The normalized spacial score (nSPS) is 18.8. The number of aromatic nitrogens is 3. The first-order valence-electron chi connectivity index (χ1n) is 7.70. The van der Waals surface area contributed by atoms with Crippen LogP contribution in [-0.4, -0.2) is 28.1 Å². The third-order valence-electron chi connectivity index (χ3n) is 3.72. The van der Waals surface area contributed by atoms with Crippen molar-refractivity contribution < 1.29 is 4.74 Å². The summed E-state index contributed by atoms with van der Waals surface area (Å²) in [5, 5.41) is 12.3. The summed E-state index contributed by atoms with van der Waals surface area (Å²) >= 11 is 0. The topological polar surface area (TPSA) is 52.0 Å². The smallest absolute Gasteiger partial charge is 0.169 e. The number of nitrogens with zero attached hydrogens (tertiary/aromatic N) is 3. The predicted octanol–water partition coefficient (Wildman–Crippen LogP) is 2.75. The van der Waals surface area contributed by atoms with E-state index in [-0.39, 0.29) is 6.23 Å². The van der Waals surface area contributed by atoms with Gasteiger partial charge in [0.25, 0.3) is 0 Å². The van der Waals surface area contributed by atoms with Gasteiger partial charge in [-0.1, -0.05) is 25.1 Å². The molecule has 21 heavy (non-hydrogen) atoms. The molecule has 3 rings (SSSR count). The second kappa shape index (κ2) is 6.83. The number of nitrogens with one attached hydrogen (secondary N) is 1. The highest BCUT2D eigenvalue weighted by atomic mass is 16.5. The Bertz CT molecular complexity index is 575. The quantitative estimate of drug-likeness (QED) is 0.918. The molecule has 1 aliphatic heterocycles. The number of hydrogen-bond acceptors (Lipinski definition) is 4. The van der Waals surface area contributed by atoms with Crippen molar-refractivity contribution in [2.45, 2.75) is 39.0 Å². The van der Waals surface area contributed by atoms with E-state index in [0.717, 1.165) is 43.8 Å². The second-order valence-corrected chi connectivity index (χ2v) is 5.35. The first-order valence-corrected chi connectivity index (χ1v) is 7.70. The minimum atomic E-state index is -0.00237. The highest BCUT2D eigenvalue weighted by molar-refractivity contribution is 5.58. The summed E-state index contributed by atoms with van der Waals surface area (Å²) in [6, 6.07) is 8.43. The molecule has 0 radical (unpaired) electrons. The Balaban J connectivity index is 1.76. The summed E-state index contributed by atoms with van der Waals surface area (Å²) in [5.74, 6) is 0. The van der Waals surface area contributed by atoms with Crippen LogP contribution in [0.25, 0.3) is 11.3 Å². The zero-order valence-electron chi connectivity index (χ0n) is 12.5. The molecular formula is C16H22N4O. The van der Waals surface area contributed by atoms with Gasteiger partial charge < -0.3 is 10.1 Å². The first-order chi connectivity index (χ1) is 10.4. The fraction of sp³-hybridized carbons (Fsp3) is 0.500. The van der Waals surface area contributed by atoms with Gasteiger partial charge in [-0.25, -0.2) is 0 Å². The third-order valence-corrected chi connectivity index (χ3v) is 3.72. The standard InChI is InChI=1S/C16H22N4O/c1-2-17-11-13-6-5-7-14(10-13)15-12-18-20(19-15)16-8-3-4-9-21-16/h5-7,10,12,16-17H,2-4,8-9,11H2,1H3. The van der Waals surface area contributed by atoms with Crippen molar-refractivity contribution in [3.8, 4) is 11.3 Å². The molecule has 1 N–H and O–H groups in total. The van der Waals surface area contributed by atoms with E-state index in [0.29, 0.717) is 0 Å².